The minimum Gasteiger partial charge on any atom is -0.496 e. The summed E-state index contributed by atoms with van der Waals surface area (Å²) < 4.78 is 16.7. The van der Waals surface area contributed by atoms with Crippen LogP contribution in [0, 0.1) is 5.92 Å². The molecule has 2 aliphatic heterocycles. The zero-order valence-corrected chi connectivity index (χ0v) is 17.9. The van der Waals surface area contributed by atoms with Gasteiger partial charge < -0.3 is 24.4 Å². The summed E-state index contributed by atoms with van der Waals surface area (Å²) in [7, 11) is 5.33. The van der Waals surface area contributed by atoms with E-state index in [0.29, 0.717) is 5.92 Å². The molecule has 0 saturated carbocycles. The molecule has 1 aromatic rings. The van der Waals surface area contributed by atoms with E-state index in [0.717, 1.165) is 81.0 Å². The van der Waals surface area contributed by atoms with E-state index in [1.807, 2.05) is 25.2 Å². The van der Waals surface area contributed by atoms with Crippen molar-refractivity contribution in [1.82, 2.24) is 10.2 Å². The minimum atomic E-state index is -0.101. The number of nitrogens with zero attached hydrogens (tertiary/aromatic N) is 2. The van der Waals surface area contributed by atoms with E-state index < -0.39 is 0 Å². The summed E-state index contributed by atoms with van der Waals surface area (Å²) in [6, 6.07) is 5.88. The Morgan fingerprint density at radius 3 is 2.82 bits per heavy atom. The maximum absolute atomic E-state index is 6.34. The fourth-order valence-corrected chi connectivity index (χ4v) is 4.55. The molecule has 1 N–H and O–H groups in total. The minimum absolute atomic E-state index is 0.101. The Balaban J connectivity index is 1.77. The molecule has 1 aromatic carbocycles. The second-order valence-electron chi connectivity index (χ2n) is 7.69. The molecule has 2 aliphatic rings. The molecule has 1 unspecified atom stereocenters. The van der Waals surface area contributed by atoms with E-state index in [9.17, 15) is 0 Å². The molecule has 0 spiro atoms. The number of hydrogen-bond acceptors (Lipinski definition) is 4. The lowest BCUT2D eigenvalue weighted by molar-refractivity contribution is 0.0503. The fourth-order valence-electron chi connectivity index (χ4n) is 4.38. The number of aliphatic imine (C=N–C) groups is 1. The van der Waals surface area contributed by atoms with Gasteiger partial charge in [-0.1, -0.05) is 11.6 Å². The van der Waals surface area contributed by atoms with Crippen molar-refractivity contribution in [1.29, 1.82) is 0 Å². The van der Waals surface area contributed by atoms with Gasteiger partial charge in [0, 0.05) is 68.9 Å². The Morgan fingerprint density at radius 1 is 1.36 bits per heavy atom. The smallest absolute Gasteiger partial charge is 0.193 e. The maximum Gasteiger partial charge on any atom is 0.193 e. The normalized spacial score (nSPS) is 22.4. The summed E-state index contributed by atoms with van der Waals surface area (Å²) in [6.07, 6.45) is 2.97. The number of nitrogens with one attached hydrogen (secondary N) is 1. The Bertz CT molecular complexity index is 677. The first-order valence-corrected chi connectivity index (χ1v) is 10.4. The first-order valence-electron chi connectivity index (χ1n) is 9.98. The summed E-state index contributed by atoms with van der Waals surface area (Å²) in [4.78, 5) is 6.86. The number of halogens is 1. The van der Waals surface area contributed by atoms with Gasteiger partial charge in [-0.15, -0.1) is 0 Å². The van der Waals surface area contributed by atoms with Crippen LogP contribution in [0.15, 0.2) is 23.2 Å². The molecule has 6 nitrogen and oxygen atoms in total. The average Bonchev–Trinajstić information content (AvgIpc) is 3.18. The number of hydrogen-bond donors (Lipinski definition) is 1. The third-order valence-electron chi connectivity index (χ3n) is 5.97. The van der Waals surface area contributed by atoms with Crippen LogP contribution in [0.2, 0.25) is 5.02 Å². The number of ether oxygens (including phenoxy) is 3. The molecule has 1 atom stereocenters. The molecule has 156 valence electrons. The summed E-state index contributed by atoms with van der Waals surface area (Å²) in [5, 5.41) is 4.36. The SMILES string of the molecule is CN=C(NCC1(c2cc(Cl)ccc2OC)CCOCC1)N1CCC(COC)C1. The van der Waals surface area contributed by atoms with Gasteiger partial charge in [0.1, 0.15) is 5.75 Å². The van der Waals surface area contributed by atoms with Crippen molar-refractivity contribution in [2.24, 2.45) is 10.9 Å². The van der Waals surface area contributed by atoms with Gasteiger partial charge in [-0.3, -0.25) is 4.99 Å². The highest BCUT2D eigenvalue weighted by Crippen LogP contribution is 2.40. The van der Waals surface area contributed by atoms with Gasteiger partial charge in [0.05, 0.1) is 13.7 Å². The molecule has 0 aromatic heterocycles. The third kappa shape index (κ3) is 4.73. The van der Waals surface area contributed by atoms with Crippen molar-refractivity contribution in [2.45, 2.75) is 24.7 Å². The monoisotopic (exact) mass is 409 g/mol. The van der Waals surface area contributed by atoms with Crippen LogP contribution < -0.4 is 10.1 Å². The van der Waals surface area contributed by atoms with Gasteiger partial charge in [-0.05, 0) is 37.5 Å². The van der Waals surface area contributed by atoms with Gasteiger partial charge in [0.25, 0.3) is 0 Å². The van der Waals surface area contributed by atoms with Gasteiger partial charge in [-0.2, -0.15) is 0 Å². The van der Waals surface area contributed by atoms with Crippen molar-refractivity contribution in [3.05, 3.63) is 28.8 Å². The fraction of sp³-hybridized carbons (Fsp3) is 0.667. The van der Waals surface area contributed by atoms with E-state index in [2.05, 4.69) is 15.2 Å². The van der Waals surface area contributed by atoms with E-state index in [4.69, 9.17) is 25.8 Å². The first-order chi connectivity index (χ1) is 13.6. The van der Waals surface area contributed by atoms with Crippen LogP contribution in [-0.4, -0.2) is 71.6 Å². The van der Waals surface area contributed by atoms with Crippen LogP contribution in [0.5, 0.6) is 5.75 Å². The Morgan fingerprint density at radius 2 is 2.14 bits per heavy atom. The van der Waals surface area contributed by atoms with Crippen molar-refractivity contribution in [3.63, 3.8) is 0 Å². The number of methoxy groups -OCH3 is 2. The van der Waals surface area contributed by atoms with Crippen molar-refractivity contribution >= 4 is 17.6 Å². The summed E-state index contributed by atoms with van der Waals surface area (Å²) >= 11 is 6.34. The Labute approximate surface area is 173 Å². The number of guanidine groups is 1. The topological polar surface area (TPSA) is 55.3 Å². The largest absolute Gasteiger partial charge is 0.496 e. The molecule has 2 heterocycles. The lowest BCUT2D eigenvalue weighted by atomic mass is 9.73. The van der Waals surface area contributed by atoms with E-state index in [1.54, 1.807) is 14.2 Å². The summed E-state index contributed by atoms with van der Waals surface area (Å²) in [6.45, 7) is 5.01. The quantitative estimate of drug-likeness (QED) is 0.578. The van der Waals surface area contributed by atoms with Crippen LogP contribution in [0.25, 0.3) is 0 Å². The van der Waals surface area contributed by atoms with E-state index in [-0.39, 0.29) is 5.41 Å². The van der Waals surface area contributed by atoms with Crippen molar-refractivity contribution in [2.75, 3.05) is 60.7 Å². The third-order valence-corrected chi connectivity index (χ3v) is 6.20. The van der Waals surface area contributed by atoms with Gasteiger partial charge >= 0.3 is 0 Å². The zero-order valence-electron chi connectivity index (χ0n) is 17.2. The molecule has 3 rings (SSSR count). The molecular weight excluding hydrogens is 378 g/mol. The average molecular weight is 410 g/mol. The van der Waals surface area contributed by atoms with E-state index >= 15 is 0 Å². The lowest BCUT2D eigenvalue weighted by Crippen LogP contribution is -2.49. The lowest BCUT2D eigenvalue weighted by Gasteiger charge is -2.39. The second kappa shape index (κ2) is 9.81. The standard InChI is InChI=1S/C21H32ClN3O3/c1-23-20(25-9-6-16(13-25)14-26-2)24-15-21(7-10-28-11-8-21)18-12-17(22)4-5-19(18)27-3/h4-5,12,16H,6-11,13-15H2,1-3H3,(H,23,24). The molecule has 0 radical (unpaired) electrons. The van der Waals surface area contributed by atoms with Crippen LogP contribution in [-0.2, 0) is 14.9 Å². The highest BCUT2D eigenvalue weighted by Gasteiger charge is 2.38. The van der Waals surface area contributed by atoms with Gasteiger partial charge in [-0.25, -0.2) is 0 Å². The van der Waals surface area contributed by atoms with Gasteiger partial charge in [0.2, 0.25) is 0 Å². The Kier molecular flexibility index (Phi) is 7.43. The van der Waals surface area contributed by atoms with Gasteiger partial charge in [0.15, 0.2) is 5.96 Å². The molecule has 0 amide bonds. The first kappa shape index (κ1) is 21.2. The number of rotatable bonds is 6. The summed E-state index contributed by atoms with van der Waals surface area (Å²) in [5.74, 6) is 2.39. The molecule has 2 saturated heterocycles. The molecule has 7 heteroatoms. The second-order valence-corrected chi connectivity index (χ2v) is 8.13. The van der Waals surface area contributed by atoms with Crippen molar-refractivity contribution < 1.29 is 14.2 Å². The van der Waals surface area contributed by atoms with E-state index in [1.165, 1.54) is 0 Å². The number of likely N-dealkylation sites (tertiary alicyclic amines) is 1. The highest BCUT2D eigenvalue weighted by atomic mass is 35.5. The molecule has 2 fully saturated rings. The predicted octanol–water partition coefficient (Wildman–Crippen LogP) is 2.94. The Hall–Kier alpha value is -1.50. The van der Waals surface area contributed by atoms with Crippen LogP contribution in [0.4, 0.5) is 0 Å². The maximum atomic E-state index is 6.34. The molecule has 0 aliphatic carbocycles. The molecule has 0 bridgehead atoms. The highest BCUT2D eigenvalue weighted by molar-refractivity contribution is 6.30. The zero-order chi connectivity index (χ0) is 20.0. The van der Waals surface area contributed by atoms with Crippen LogP contribution in [0.1, 0.15) is 24.8 Å². The predicted molar refractivity (Wildman–Crippen MR) is 113 cm³/mol. The van der Waals surface area contributed by atoms with Crippen molar-refractivity contribution in [3.8, 4) is 5.75 Å². The molecule has 28 heavy (non-hydrogen) atoms. The number of benzene rings is 1. The molecular formula is C21H32ClN3O3. The van der Waals surface area contributed by atoms with Crippen LogP contribution >= 0.6 is 11.6 Å². The van der Waals surface area contributed by atoms with Crippen LogP contribution in [0.3, 0.4) is 0 Å². The summed E-state index contributed by atoms with van der Waals surface area (Å²) in [5.41, 5.74) is 1.04.